The Kier molecular flexibility index (Phi) is 6.17. The summed E-state index contributed by atoms with van der Waals surface area (Å²) in [6.45, 7) is 0.808. The van der Waals surface area contributed by atoms with Crippen molar-refractivity contribution in [3.63, 3.8) is 0 Å². The number of amides is 1. The first-order valence-corrected chi connectivity index (χ1v) is 7.74. The average molecular weight is 307 g/mol. The lowest BCUT2D eigenvalue weighted by atomic mass is 10.2. The van der Waals surface area contributed by atoms with Gasteiger partial charge in [0.15, 0.2) is 5.82 Å². The van der Waals surface area contributed by atoms with E-state index in [2.05, 4.69) is 20.4 Å². The third-order valence-corrected chi connectivity index (χ3v) is 3.71. The highest BCUT2D eigenvalue weighted by Crippen LogP contribution is 2.04. The molecule has 2 heterocycles. The van der Waals surface area contributed by atoms with Crippen LogP contribution in [0.2, 0.25) is 0 Å². The van der Waals surface area contributed by atoms with Crippen molar-refractivity contribution in [3.8, 4) is 5.82 Å². The van der Waals surface area contributed by atoms with E-state index in [0.717, 1.165) is 17.9 Å². The van der Waals surface area contributed by atoms with Crippen LogP contribution < -0.4 is 5.32 Å². The summed E-state index contributed by atoms with van der Waals surface area (Å²) in [4.78, 5) is 19.9. The van der Waals surface area contributed by atoms with Crippen molar-refractivity contribution in [3.05, 3.63) is 36.5 Å². The molecule has 2 aromatic rings. The lowest BCUT2D eigenvalue weighted by molar-refractivity contribution is 0.0956. The van der Waals surface area contributed by atoms with Crippen molar-refractivity contribution in [2.24, 2.45) is 0 Å². The van der Waals surface area contributed by atoms with Crippen molar-refractivity contribution in [1.82, 2.24) is 25.1 Å². The maximum Gasteiger partial charge on any atom is 0.252 e. The number of rotatable bonds is 8. The van der Waals surface area contributed by atoms with Gasteiger partial charge in [0.1, 0.15) is 12.7 Å². The number of aliphatic hydroxyl groups excluding tert-OH is 1. The van der Waals surface area contributed by atoms with Crippen molar-refractivity contribution in [1.29, 1.82) is 0 Å². The zero-order chi connectivity index (χ0) is 14.9. The Hall–Kier alpha value is -1.93. The monoisotopic (exact) mass is 307 g/mol. The zero-order valence-corrected chi connectivity index (χ0v) is 12.3. The molecule has 2 rings (SSSR count). The van der Waals surface area contributed by atoms with Gasteiger partial charge in [-0.15, -0.1) is 0 Å². The number of pyridine rings is 1. The van der Waals surface area contributed by atoms with Gasteiger partial charge in [-0.1, -0.05) is 0 Å². The van der Waals surface area contributed by atoms with Crippen LogP contribution >= 0.6 is 11.8 Å². The summed E-state index contributed by atoms with van der Waals surface area (Å²) in [7, 11) is 0. The van der Waals surface area contributed by atoms with Gasteiger partial charge in [-0.3, -0.25) is 4.79 Å². The van der Waals surface area contributed by atoms with Crippen LogP contribution in [-0.2, 0) is 0 Å². The van der Waals surface area contributed by atoms with E-state index in [1.807, 2.05) is 0 Å². The van der Waals surface area contributed by atoms with E-state index in [1.165, 1.54) is 17.2 Å². The maximum absolute atomic E-state index is 11.9. The minimum Gasteiger partial charge on any atom is -0.396 e. The van der Waals surface area contributed by atoms with Crippen molar-refractivity contribution >= 4 is 17.7 Å². The molecule has 0 aliphatic heterocycles. The van der Waals surface area contributed by atoms with Crippen molar-refractivity contribution < 1.29 is 9.90 Å². The third-order valence-electron chi connectivity index (χ3n) is 2.64. The maximum atomic E-state index is 11.9. The fourth-order valence-electron chi connectivity index (χ4n) is 1.59. The molecular formula is C13H17N5O2S. The van der Waals surface area contributed by atoms with Crippen LogP contribution in [0.4, 0.5) is 0 Å². The highest BCUT2D eigenvalue weighted by Gasteiger charge is 2.06. The van der Waals surface area contributed by atoms with Gasteiger partial charge in [-0.05, 0) is 24.3 Å². The standard InChI is InChI=1S/C13H17N5O2S/c19-5-1-6-21-7-4-15-13(20)11-2-3-12(16-8-11)18-10-14-9-17-18/h2-3,8-10,19H,1,4-7H2,(H,15,20). The van der Waals surface area contributed by atoms with Crippen LogP contribution in [0.25, 0.3) is 5.82 Å². The van der Waals surface area contributed by atoms with E-state index in [1.54, 1.807) is 30.2 Å². The van der Waals surface area contributed by atoms with Crippen molar-refractivity contribution in [2.75, 3.05) is 24.7 Å². The second kappa shape index (κ2) is 8.38. The largest absolute Gasteiger partial charge is 0.396 e. The summed E-state index contributed by atoms with van der Waals surface area (Å²) >= 11 is 1.71. The van der Waals surface area contributed by atoms with Crippen LogP contribution in [0.15, 0.2) is 31.0 Å². The van der Waals surface area contributed by atoms with Crippen molar-refractivity contribution in [2.45, 2.75) is 6.42 Å². The molecule has 0 spiro atoms. The lowest BCUT2D eigenvalue weighted by Crippen LogP contribution is -2.26. The van der Waals surface area contributed by atoms with Gasteiger partial charge in [0.2, 0.25) is 0 Å². The molecule has 21 heavy (non-hydrogen) atoms. The van der Waals surface area contributed by atoms with Crippen LogP contribution in [0.5, 0.6) is 0 Å². The molecule has 0 radical (unpaired) electrons. The third kappa shape index (κ3) is 4.83. The molecule has 2 aromatic heterocycles. The van der Waals surface area contributed by atoms with Gasteiger partial charge in [0.05, 0.1) is 5.56 Å². The molecule has 0 saturated carbocycles. The number of aromatic nitrogens is 4. The van der Waals surface area contributed by atoms with E-state index in [4.69, 9.17) is 5.11 Å². The molecule has 0 aliphatic carbocycles. The number of nitrogens with one attached hydrogen (secondary N) is 1. The molecule has 1 amide bonds. The Labute approximate surface area is 126 Å². The minimum absolute atomic E-state index is 0.143. The Morgan fingerprint density at radius 1 is 1.38 bits per heavy atom. The predicted octanol–water partition coefficient (Wildman–Crippen LogP) is 0.508. The molecule has 0 atom stereocenters. The van der Waals surface area contributed by atoms with E-state index in [0.29, 0.717) is 17.9 Å². The lowest BCUT2D eigenvalue weighted by Gasteiger charge is -2.05. The number of thioether (sulfide) groups is 1. The summed E-state index contributed by atoms with van der Waals surface area (Å²) in [5.41, 5.74) is 0.513. The Morgan fingerprint density at radius 3 is 2.95 bits per heavy atom. The summed E-state index contributed by atoms with van der Waals surface area (Å²) in [6.07, 6.45) is 5.28. The molecule has 0 aromatic carbocycles. The highest BCUT2D eigenvalue weighted by molar-refractivity contribution is 7.99. The first kappa shape index (κ1) is 15.5. The summed E-state index contributed by atoms with van der Waals surface area (Å²) in [5, 5.41) is 15.5. The number of nitrogens with zero attached hydrogens (tertiary/aromatic N) is 4. The van der Waals surface area contributed by atoms with Crippen LogP contribution in [-0.4, -0.2) is 55.4 Å². The fraction of sp³-hybridized carbons (Fsp3) is 0.385. The van der Waals surface area contributed by atoms with E-state index < -0.39 is 0 Å². The molecule has 0 fully saturated rings. The highest BCUT2D eigenvalue weighted by atomic mass is 32.2. The Balaban J connectivity index is 1.78. The van der Waals surface area contributed by atoms with Crippen LogP contribution in [0.1, 0.15) is 16.8 Å². The number of carbonyl (C=O) groups is 1. The molecule has 0 bridgehead atoms. The smallest absolute Gasteiger partial charge is 0.252 e. The van der Waals surface area contributed by atoms with Crippen LogP contribution in [0.3, 0.4) is 0 Å². The van der Waals surface area contributed by atoms with Gasteiger partial charge < -0.3 is 10.4 Å². The van der Waals surface area contributed by atoms with Gasteiger partial charge in [-0.2, -0.15) is 16.9 Å². The van der Waals surface area contributed by atoms with Gasteiger partial charge in [-0.25, -0.2) is 14.6 Å². The van der Waals surface area contributed by atoms with Gasteiger partial charge in [0.25, 0.3) is 5.91 Å². The normalized spacial score (nSPS) is 10.5. The first-order valence-electron chi connectivity index (χ1n) is 6.59. The average Bonchev–Trinajstić information content (AvgIpc) is 3.05. The van der Waals surface area contributed by atoms with E-state index in [9.17, 15) is 4.79 Å². The first-order chi connectivity index (χ1) is 10.3. The second-order valence-electron chi connectivity index (χ2n) is 4.19. The predicted molar refractivity (Wildman–Crippen MR) is 80.5 cm³/mol. The molecule has 0 unspecified atom stereocenters. The molecule has 8 heteroatoms. The minimum atomic E-state index is -0.143. The molecular weight excluding hydrogens is 290 g/mol. The number of carbonyl (C=O) groups excluding carboxylic acids is 1. The zero-order valence-electron chi connectivity index (χ0n) is 11.5. The summed E-state index contributed by atoms with van der Waals surface area (Å²) in [5.74, 6) is 2.20. The van der Waals surface area contributed by atoms with E-state index >= 15 is 0 Å². The fourth-order valence-corrected chi connectivity index (χ4v) is 2.37. The number of hydrogen-bond acceptors (Lipinski definition) is 6. The van der Waals surface area contributed by atoms with E-state index in [-0.39, 0.29) is 12.5 Å². The number of aliphatic hydroxyl groups is 1. The SMILES string of the molecule is O=C(NCCSCCCO)c1ccc(-n2cncn2)nc1. The Bertz CT molecular complexity index is 544. The van der Waals surface area contributed by atoms with Gasteiger partial charge >= 0.3 is 0 Å². The topological polar surface area (TPSA) is 92.9 Å². The second-order valence-corrected chi connectivity index (χ2v) is 5.42. The number of hydrogen-bond donors (Lipinski definition) is 2. The summed E-state index contributed by atoms with van der Waals surface area (Å²) < 4.78 is 1.53. The quantitative estimate of drug-likeness (QED) is 0.690. The molecule has 0 saturated heterocycles. The molecule has 112 valence electrons. The molecule has 7 nitrogen and oxygen atoms in total. The van der Waals surface area contributed by atoms with Gasteiger partial charge in [0, 0.05) is 25.1 Å². The molecule has 2 N–H and O–H groups in total. The van der Waals surface area contributed by atoms with Crippen LogP contribution in [0, 0.1) is 0 Å². The Morgan fingerprint density at radius 2 is 2.29 bits per heavy atom. The summed E-state index contributed by atoms with van der Waals surface area (Å²) in [6, 6.07) is 3.43. The molecule has 0 aliphatic rings.